The molecular weight excluding hydrogens is 366 g/mol. The summed E-state index contributed by atoms with van der Waals surface area (Å²) < 4.78 is 0. The summed E-state index contributed by atoms with van der Waals surface area (Å²) in [5.74, 6) is 0.745. The number of carboxylic acid groups (broad SMARTS) is 1. The van der Waals surface area contributed by atoms with Crippen LogP contribution in [0.3, 0.4) is 0 Å². The van der Waals surface area contributed by atoms with Crippen molar-refractivity contribution in [2.45, 2.75) is 101 Å². The van der Waals surface area contributed by atoms with Gasteiger partial charge in [0.25, 0.3) is 0 Å². The SMILES string of the molecule is CCCC1CCC(C2(C(=O)O)CCCC3C[C@@H]4[C@@H](C=CCO)[C@H](O)C[C@H]4N32)CC1. The molecule has 2 aliphatic heterocycles. The first-order valence-electron chi connectivity index (χ1n) is 12.0. The monoisotopic (exact) mass is 405 g/mol. The van der Waals surface area contributed by atoms with E-state index >= 15 is 0 Å². The largest absolute Gasteiger partial charge is 0.480 e. The second-order valence-electron chi connectivity index (χ2n) is 10.1. The molecular formula is C24H39NO4. The average Bonchev–Trinajstić information content (AvgIpc) is 3.21. The number of hydrogen-bond acceptors (Lipinski definition) is 4. The molecule has 4 rings (SSSR count). The number of carbonyl (C=O) groups is 1. The van der Waals surface area contributed by atoms with E-state index in [2.05, 4.69) is 11.8 Å². The van der Waals surface area contributed by atoms with Gasteiger partial charge >= 0.3 is 5.97 Å². The number of nitrogens with zero attached hydrogens (tertiary/aromatic N) is 1. The highest BCUT2D eigenvalue weighted by molar-refractivity contribution is 5.80. The van der Waals surface area contributed by atoms with E-state index in [1.165, 1.54) is 25.7 Å². The molecule has 5 nitrogen and oxygen atoms in total. The Morgan fingerprint density at radius 1 is 1.17 bits per heavy atom. The van der Waals surface area contributed by atoms with E-state index in [1.54, 1.807) is 6.08 Å². The Morgan fingerprint density at radius 3 is 2.59 bits per heavy atom. The number of hydrogen-bond donors (Lipinski definition) is 3. The third kappa shape index (κ3) is 3.57. The molecule has 2 aliphatic carbocycles. The molecule has 4 fully saturated rings. The molecule has 6 atom stereocenters. The van der Waals surface area contributed by atoms with Gasteiger partial charge in [-0.25, -0.2) is 0 Å². The summed E-state index contributed by atoms with van der Waals surface area (Å²) >= 11 is 0. The van der Waals surface area contributed by atoms with Crippen molar-refractivity contribution >= 4 is 5.97 Å². The minimum atomic E-state index is -0.741. The van der Waals surface area contributed by atoms with Gasteiger partial charge in [-0.3, -0.25) is 9.69 Å². The predicted molar refractivity (Wildman–Crippen MR) is 112 cm³/mol. The highest BCUT2D eigenvalue weighted by Crippen LogP contribution is 2.56. The lowest BCUT2D eigenvalue weighted by Gasteiger charge is -2.53. The lowest BCUT2D eigenvalue weighted by atomic mass is 9.66. The van der Waals surface area contributed by atoms with Crippen molar-refractivity contribution in [2.75, 3.05) is 6.61 Å². The van der Waals surface area contributed by atoms with Crippen LogP contribution in [0.5, 0.6) is 0 Å². The van der Waals surface area contributed by atoms with Gasteiger partial charge in [0, 0.05) is 18.0 Å². The van der Waals surface area contributed by atoms with Crippen molar-refractivity contribution in [1.82, 2.24) is 4.90 Å². The maximum Gasteiger partial charge on any atom is 0.324 e. The fraction of sp³-hybridized carbons (Fsp3) is 0.875. The molecule has 164 valence electrons. The van der Waals surface area contributed by atoms with Crippen LogP contribution in [0.15, 0.2) is 12.2 Å². The molecule has 0 aromatic heterocycles. The first kappa shape index (κ1) is 21.3. The summed E-state index contributed by atoms with van der Waals surface area (Å²) in [5, 5.41) is 30.5. The van der Waals surface area contributed by atoms with E-state index in [9.17, 15) is 20.1 Å². The highest BCUT2D eigenvalue weighted by Gasteiger charge is 2.63. The molecule has 3 N–H and O–H groups in total. The fourth-order valence-corrected chi connectivity index (χ4v) is 7.70. The summed E-state index contributed by atoms with van der Waals surface area (Å²) in [4.78, 5) is 15.3. The van der Waals surface area contributed by atoms with Crippen LogP contribution >= 0.6 is 0 Å². The van der Waals surface area contributed by atoms with E-state index in [1.807, 2.05) is 6.08 Å². The molecule has 0 aromatic carbocycles. The molecule has 2 heterocycles. The molecule has 5 heteroatoms. The Morgan fingerprint density at radius 2 is 1.93 bits per heavy atom. The summed E-state index contributed by atoms with van der Waals surface area (Å²) in [7, 11) is 0. The third-order valence-corrected chi connectivity index (χ3v) is 8.82. The van der Waals surface area contributed by atoms with Crippen LogP contribution in [-0.4, -0.2) is 56.5 Å². The molecule has 2 saturated carbocycles. The quantitative estimate of drug-likeness (QED) is 0.589. The van der Waals surface area contributed by atoms with E-state index in [-0.39, 0.29) is 24.5 Å². The third-order valence-electron chi connectivity index (χ3n) is 8.82. The number of piperidine rings is 1. The number of aliphatic hydroxyl groups excluding tert-OH is 2. The molecule has 0 aromatic rings. The Bertz CT molecular complexity index is 614. The Hall–Kier alpha value is -0.910. The van der Waals surface area contributed by atoms with Gasteiger partial charge in [0.15, 0.2) is 0 Å². The molecule has 0 bridgehead atoms. The Labute approximate surface area is 175 Å². The number of aliphatic hydroxyl groups is 2. The molecule has 4 aliphatic rings. The molecule has 29 heavy (non-hydrogen) atoms. The molecule has 0 radical (unpaired) electrons. The van der Waals surface area contributed by atoms with Gasteiger partial charge in [-0.2, -0.15) is 0 Å². The van der Waals surface area contributed by atoms with Crippen LogP contribution in [0.1, 0.15) is 77.6 Å². The minimum absolute atomic E-state index is 0.00614. The minimum Gasteiger partial charge on any atom is -0.480 e. The van der Waals surface area contributed by atoms with E-state index < -0.39 is 17.6 Å². The maximum atomic E-state index is 12.9. The van der Waals surface area contributed by atoms with Crippen molar-refractivity contribution < 1.29 is 20.1 Å². The summed E-state index contributed by atoms with van der Waals surface area (Å²) in [6.45, 7) is 2.24. The zero-order valence-corrected chi connectivity index (χ0v) is 17.9. The second kappa shape index (κ2) is 8.68. The summed E-state index contributed by atoms with van der Waals surface area (Å²) in [6, 6.07) is 0.494. The second-order valence-corrected chi connectivity index (χ2v) is 10.1. The standard InChI is InChI=1S/C24H39NO4/c1-2-5-16-8-10-17(11-9-16)24(23(28)29)12-3-6-18-14-20-19(7-4-13-26)22(27)15-21(20)25(18)24/h4,7,16-22,26-27H,2-3,5-6,8-15H2,1H3,(H,28,29)/t16?,17?,18?,19-,20-,21-,22-,24?/m1/s1. The molecule has 2 saturated heterocycles. The zero-order chi connectivity index (χ0) is 20.6. The molecule has 0 amide bonds. The van der Waals surface area contributed by atoms with Crippen LogP contribution in [0.25, 0.3) is 0 Å². The van der Waals surface area contributed by atoms with Crippen molar-refractivity contribution in [3.8, 4) is 0 Å². The van der Waals surface area contributed by atoms with Crippen LogP contribution < -0.4 is 0 Å². The fourth-order valence-electron chi connectivity index (χ4n) is 7.70. The first-order chi connectivity index (χ1) is 14.0. The van der Waals surface area contributed by atoms with Gasteiger partial charge in [-0.05, 0) is 62.7 Å². The molecule has 2 unspecified atom stereocenters. The lowest BCUT2D eigenvalue weighted by molar-refractivity contribution is -0.166. The van der Waals surface area contributed by atoms with Gasteiger partial charge in [-0.1, -0.05) is 44.8 Å². The van der Waals surface area contributed by atoms with E-state index in [0.29, 0.717) is 18.4 Å². The van der Waals surface area contributed by atoms with Gasteiger partial charge < -0.3 is 15.3 Å². The zero-order valence-electron chi connectivity index (χ0n) is 17.9. The number of fused-ring (bicyclic) bond motifs is 3. The average molecular weight is 406 g/mol. The van der Waals surface area contributed by atoms with Gasteiger partial charge in [-0.15, -0.1) is 0 Å². The summed E-state index contributed by atoms with van der Waals surface area (Å²) in [6.07, 6.45) is 14.7. The number of rotatable bonds is 6. The Balaban J connectivity index is 1.60. The smallest absolute Gasteiger partial charge is 0.324 e. The van der Waals surface area contributed by atoms with Crippen molar-refractivity contribution in [1.29, 1.82) is 0 Å². The molecule has 0 spiro atoms. The lowest BCUT2D eigenvalue weighted by Crippen LogP contribution is -2.65. The Kier molecular flexibility index (Phi) is 6.38. The maximum absolute atomic E-state index is 12.9. The van der Waals surface area contributed by atoms with Crippen molar-refractivity contribution in [2.24, 2.45) is 23.7 Å². The topological polar surface area (TPSA) is 81.0 Å². The van der Waals surface area contributed by atoms with Crippen LogP contribution in [0.2, 0.25) is 0 Å². The van der Waals surface area contributed by atoms with E-state index in [0.717, 1.165) is 44.4 Å². The van der Waals surface area contributed by atoms with E-state index in [4.69, 9.17) is 0 Å². The predicted octanol–water partition coefficient (Wildman–Crippen LogP) is 3.59. The van der Waals surface area contributed by atoms with Gasteiger partial charge in [0.2, 0.25) is 0 Å². The van der Waals surface area contributed by atoms with Gasteiger partial charge in [0.1, 0.15) is 5.54 Å². The number of aliphatic carboxylic acids is 1. The first-order valence-corrected chi connectivity index (χ1v) is 12.0. The normalized spacial score (nSPS) is 45.4. The highest BCUT2D eigenvalue weighted by atomic mass is 16.4. The van der Waals surface area contributed by atoms with Crippen molar-refractivity contribution in [3.63, 3.8) is 0 Å². The van der Waals surface area contributed by atoms with Crippen LogP contribution in [0, 0.1) is 23.7 Å². The number of carboxylic acids is 1. The van der Waals surface area contributed by atoms with Crippen LogP contribution in [-0.2, 0) is 4.79 Å². The van der Waals surface area contributed by atoms with Gasteiger partial charge in [0.05, 0.1) is 12.7 Å². The summed E-state index contributed by atoms with van der Waals surface area (Å²) in [5.41, 5.74) is -0.741. The van der Waals surface area contributed by atoms with Crippen LogP contribution in [0.4, 0.5) is 0 Å². The van der Waals surface area contributed by atoms with Crippen molar-refractivity contribution in [3.05, 3.63) is 12.2 Å².